The van der Waals surface area contributed by atoms with Crippen LogP contribution in [0.15, 0.2) is 12.1 Å². The monoisotopic (exact) mass is 308 g/mol. The van der Waals surface area contributed by atoms with Gasteiger partial charge in [-0.2, -0.15) is 11.8 Å². The third-order valence-electron chi connectivity index (χ3n) is 3.94. The third kappa shape index (κ3) is 2.90. The van der Waals surface area contributed by atoms with Gasteiger partial charge in [-0.25, -0.2) is 0 Å². The lowest BCUT2D eigenvalue weighted by atomic mass is 10.1. The highest BCUT2D eigenvalue weighted by molar-refractivity contribution is 7.99. The first-order valence-electron chi connectivity index (χ1n) is 7.30. The number of rotatable bonds is 4. The molecule has 2 aliphatic rings. The highest BCUT2D eigenvalue weighted by atomic mass is 32.2. The van der Waals surface area contributed by atoms with Crippen LogP contribution in [0.25, 0.3) is 0 Å². The molecule has 1 aliphatic carbocycles. The molecule has 2 atom stereocenters. The molecule has 6 heteroatoms. The lowest BCUT2D eigenvalue weighted by Gasteiger charge is -2.20. The summed E-state index contributed by atoms with van der Waals surface area (Å²) in [4.78, 5) is 12.5. The summed E-state index contributed by atoms with van der Waals surface area (Å²) in [5, 5.41) is 3.63. The Hall–Kier alpha value is -1.56. The molecular weight excluding hydrogens is 288 g/mol. The molecule has 3 N–H and O–H groups in total. The van der Waals surface area contributed by atoms with Crippen LogP contribution in [0.4, 0.5) is 5.69 Å². The molecule has 1 saturated carbocycles. The predicted octanol–water partition coefficient (Wildman–Crippen LogP) is 2.40. The second-order valence-corrected chi connectivity index (χ2v) is 6.81. The van der Waals surface area contributed by atoms with E-state index in [4.69, 9.17) is 15.2 Å². The fraction of sp³-hybridized carbons (Fsp3) is 0.533. The van der Waals surface area contributed by atoms with Gasteiger partial charge in [0.2, 0.25) is 6.79 Å². The van der Waals surface area contributed by atoms with Crippen molar-refractivity contribution < 1.29 is 14.3 Å². The van der Waals surface area contributed by atoms with Crippen molar-refractivity contribution in [3.05, 3.63) is 17.7 Å². The minimum atomic E-state index is -0.126. The molecule has 21 heavy (non-hydrogen) atoms. The van der Waals surface area contributed by atoms with E-state index in [2.05, 4.69) is 12.2 Å². The lowest BCUT2D eigenvalue weighted by Crippen LogP contribution is -2.39. The number of nitrogens with two attached hydrogens (primary N) is 1. The normalized spacial score (nSPS) is 23.3. The number of nitrogens with one attached hydrogen (secondary N) is 1. The fourth-order valence-corrected chi connectivity index (χ4v) is 4.10. The fourth-order valence-electron chi connectivity index (χ4n) is 2.91. The largest absolute Gasteiger partial charge is 0.454 e. The maximum atomic E-state index is 12.5. The van der Waals surface area contributed by atoms with Crippen LogP contribution in [0.3, 0.4) is 0 Å². The quantitative estimate of drug-likeness (QED) is 0.836. The van der Waals surface area contributed by atoms with E-state index in [9.17, 15) is 4.79 Å². The van der Waals surface area contributed by atoms with E-state index < -0.39 is 0 Å². The molecule has 1 amide bonds. The first-order valence-corrected chi connectivity index (χ1v) is 8.35. The Bertz CT molecular complexity index is 550. The molecular formula is C15H20N2O3S. The SMILES string of the molecule is CCSC1CCCC1NC(=O)c1cc2c(cc1N)OCO2. The van der Waals surface area contributed by atoms with Gasteiger partial charge in [-0.15, -0.1) is 0 Å². The van der Waals surface area contributed by atoms with Crippen LogP contribution in [-0.2, 0) is 0 Å². The Balaban J connectivity index is 1.73. The number of amides is 1. The van der Waals surface area contributed by atoms with Crippen molar-refractivity contribution in [2.75, 3.05) is 18.3 Å². The molecule has 1 aromatic rings. The molecule has 0 saturated heterocycles. The number of thioether (sulfide) groups is 1. The standard InChI is InChI=1S/C15H20N2O3S/c1-2-21-14-5-3-4-11(14)17-15(18)9-6-12-13(7-10(9)16)20-8-19-12/h6-7,11,14H,2-5,8,16H2,1H3,(H,17,18). The van der Waals surface area contributed by atoms with Gasteiger partial charge in [0.25, 0.3) is 5.91 Å². The number of carbonyl (C=O) groups is 1. The number of hydrogen-bond donors (Lipinski definition) is 2. The second kappa shape index (κ2) is 6.05. The number of ether oxygens (including phenoxy) is 2. The molecule has 5 nitrogen and oxygen atoms in total. The molecule has 0 spiro atoms. The molecule has 1 aromatic carbocycles. The number of carbonyl (C=O) groups excluding carboxylic acids is 1. The van der Waals surface area contributed by atoms with Crippen LogP contribution in [-0.4, -0.2) is 29.7 Å². The number of hydrogen-bond acceptors (Lipinski definition) is 5. The summed E-state index contributed by atoms with van der Waals surface area (Å²) < 4.78 is 10.6. The Morgan fingerprint density at radius 1 is 1.38 bits per heavy atom. The summed E-state index contributed by atoms with van der Waals surface area (Å²) in [5.74, 6) is 2.13. The van der Waals surface area contributed by atoms with Crippen molar-refractivity contribution in [1.29, 1.82) is 0 Å². The van der Waals surface area contributed by atoms with Gasteiger partial charge in [-0.3, -0.25) is 4.79 Å². The summed E-state index contributed by atoms with van der Waals surface area (Å²) in [6.07, 6.45) is 3.37. The zero-order chi connectivity index (χ0) is 14.8. The Labute approximate surface area is 128 Å². The molecule has 114 valence electrons. The van der Waals surface area contributed by atoms with E-state index in [0.29, 0.717) is 28.0 Å². The minimum absolute atomic E-state index is 0.126. The van der Waals surface area contributed by atoms with Gasteiger partial charge in [0.05, 0.1) is 5.56 Å². The lowest BCUT2D eigenvalue weighted by molar-refractivity contribution is 0.0939. The van der Waals surface area contributed by atoms with Crippen molar-refractivity contribution in [2.45, 2.75) is 37.5 Å². The maximum absolute atomic E-state index is 12.5. The molecule has 1 aliphatic heterocycles. The van der Waals surface area contributed by atoms with Gasteiger partial charge in [0.15, 0.2) is 11.5 Å². The van der Waals surface area contributed by atoms with E-state index in [1.165, 1.54) is 12.8 Å². The maximum Gasteiger partial charge on any atom is 0.253 e. The van der Waals surface area contributed by atoms with Gasteiger partial charge < -0.3 is 20.5 Å². The first kappa shape index (κ1) is 14.4. The van der Waals surface area contributed by atoms with Crippen molar-refractivity contribution in [1.82, 2.24) is 5.32 Å². The zero-order valence-corrected chi connectivity index (χ0v) is 12.9. The van der Waals surface area contributed by atoms with E-state index in [1.54, 1.807) is 12.1 Å². The molecule has 0 bridgehead atoms. The smallest absolute Gasteiger partial charge is 0.253 e. The van der Waals surface area contributed by atoms with Gasteiger partial charge in [0.1, 0.15) is 0 Å². The summed E-state index contributed by atoms with van der Waals surface area (Å²) >= 11 is 1.92. The van der Waals surface area contributed by atoms with Gasteiger partial charge in [0, 0.05) is 23.0 Å². The predicted molar refractivity (Wildman–Crippen MR) is 84.0 cm³/mol. The number of benzene rings is 1. The molecule has 2 unspecified atom stereocenters. The Kier molecular flexibility index (Phi) is 4.14. The van der Waals surface area contributed by atoms with E-state index in [-0.39, 0.29) is 18.7 Å². The highest BCUT2D eigenvalue weighted by Gasteiger charge is 2.29. The van der Waals surface area contributed by atoms with Crippen LogP contribution < -0.4 is 20.5 Å². The average Bonchev–Trinajstić information content (AvgIpc) is 3.07. The first-order chi connectivity index (χ1) is 10.2. The van der Waals surface area contributed by atoms with Crippen LogP contribution in [0, 0.1) is 0 Å². The summed E-state index contributed by atoms with van der Waals surface area (Å²) in [6, 6.07) is 3.56. The third-order valence-corrected chi connectivity index (χ3v) is 5.26. The molecule has 1 heterocycles. The molecule has 3 rings (SSSR count). The minimum Gasteiger partial charge on any atom is -0.454 e. The summed E-state index contributed by atoms with van der Waals surface area (Å²) in [5.41, 5.74) is 6.85. The molecule has 0 radical (unpaired) electrons. The summed E-state index contributed by atoms with van der Waals surface area (Å²) in [7, 11) is 0. The van der Waals surface area contributed by atoms with Crippen LogP contribution >= 0.6 is 11.8 Å². The number of anilines is 1. The van der Waals surface area contributed by atoms with Gasteiger partial charge in [-0.05, 0) is 24.7 Å². The molecule has 1 fully saturated rings. The zero-order valence-electron chi connectivity index (χ0n) is 12.1. The Morgan fingerprint density at radius 3 is 2.90 bits per heavy atom. The second-order valence-electron chi connectivity index (χ2n) is 5.30. The van der Waals surface area contributed by atoms with Crippen molar-refractivity contribution in [3.8, 4) is 11.5 Å². The average molecular weight is 308 g/mol. The van der Waals surface area contributed by atoms with Crippen molar-refractivity contribution in [2.24, 2.45) is 0 Å². The van der Waals surface area contributed by atoms with Crippen molar-refractivity contribution >= 4 is 23.4 Å². The topological polar surface area (TPSA) is 73.6 Å². The van der Waals surface area contributed by atoms with E-state index >= 15 is 0 Å². The van der Waals surface area contributed by atoms with Crippen LogP contribution in [0.2, 0.25) is 0 Å². The van der Waals surface area contributed by atoms with Gasteiger partial charge in [-0.1, -0.05) is 13.3 Å². The van der Waals surface area contributed by atoms with Crippen LogP contribution in [0.1, 0.15) is 36.5 Å². The Morgan fingerprint density at radius 2 is 2.14 bits per heavy atom. The number of nitrogen functional groups attached to an aromatic ring is 1. The highest BCUT2D eigenvalue weighted by Crippen LogP contribution is 2.36. The van der Waals surface area contributed by atoms with Gasteiger partial charge >= 0.3 is 0 Å². The summed E-state index contributed by atoms with van der Waals surface area (Å²) in [6.45, 7) is 2.33. The van der Waals surface area contributed by atoms with Crippen LogP contribution in [0.5, 0.6) is 11.5 Å². The number of fused-ring (bicyclic) bond motifs is 1. The van der Waals surface area contributed by atoms with E-state index in [1.807, 2.05) is 11.8 Å². The molecule has 0 aromatic heterocycles. The van der Waals surface area contributed by atoms with Crippen molar-refractivity contribution in [3.63, 3.8) is 0 Å². The van der Waals surface area contributed by atoms with E-state index in [0.717, 1.165) is 12.2 Å².